The van der Waals surface area contributed by atoms with Crippen LogP contribution in [0.15, 0.2) is 18.3 Å². The number of rotatable bonds is 4. The van der Waals surface area contributed by atoms with Gasteiger partial charge in [-0.15, -0.1) is 0 Å². The number of hydrogen-bond donors (Lipinski definition) is 2. The fourth-order valence-electron chi connectivity index (χ4n) is 3.03. The van der Waals surface area contributed by atoms with Crippen molar-refractivity contribution in [2.24, 2.45) is 5.92 Å². The van der Waals surface area contributed by atoms with Crippen LogP contribution in [-0.4, -0.2) is 26.8 Å². The average molecular weight is 384 g/mol. The third-order valence-electron chi connectivity index (χ3n) is 4.47. The highest BCUT2D eigenvalue weighted by atomic mass is 35.5. The number of benzene rings is 1. The van der Waals surface area contributed by atoms with Crippen molar-refractivity contribution in [1.29, 1.82) is 0 Å². The summed E-state index contributed by atoms with van der Waals surface area (Å²) in [6.45, 7) is 2.72. The summed E-state index contributed by atoms with van der Waals surface area (Å²) in [5.74, 6) is -4.04. The van der Waals surface area contributed by atoms with Crippen LogP contribution in [0, 0.1) is 17.6 Å². The molecule has 0 bridgehead atoms. The molecule has 2 aromatic rings. The van der Waals surface area contributed by atoms with Crippen molar-refractivity contribution in [2.75, 3.05) is 0 Å². The molecule has 2 unspecified atom stereocenters. The number of carbonyl (C=O) groups is 2. The minimum absolute atomic E-state index is 0.247. The van der Waals surface area contributed by atoms with Crippen molar-refractivity contribution in [3.8, 4) is 0 Å². The molecule has 1 aromatic carbocycles. The van der Waals surface area contributed by atoms with Crippen molar-refractivity contribution >= 4 is 23.5 Å². The number of amides is 1. The Morgan fingerprint density at radius 1 is 1.42 bits per heavy atom. The summed E-state index contributed by atoms with van der Waals surface area (Å²) in [6, 6.07) is 0.0921. The molecule has 138 valence electrons. The predicted molar refractivity (Wildman–Crippen MR) is 88.9 cm³/mol. The molecule has 0 spiro atoms. The van der Waals surface area contributed by atoms with Gasteiger partial charge in [-0.1, -0.05) is 24.6 Å². The predicted octanol–water partition coefficient (Wildman–Crippen LogP) is 2.95. The molecule has 3 rings (SSSR count). The van der Waals surface area contributed by atoms with Crippen molar-refractivity contribution in [3.05, 3.63) is 51.8 Å². The summed E-state index contributed by atoms with van der Waals surface area (Å²) in [5.41, 5.74) is 0.533. The molecule has 2 heterocycles. The van der Waals surface area contributed by atoms with Crippen LogP contribution in [0.25, 0.3) is 0 Å². The zero-order chi connectivity index (χ0) is 19.0. The maximum Gasteiger partial charge on any atom is 0.331 e. The first kappa shape index (κ1) is 18.3. The fraction of sp³-hybridized carbons (Fsp3) is 0.353. The van der Waals surface area contributed by atoms with E-state index in [9.17, 15) is 23.5 Å². The van der Waals surface area contributed by atoms with E-state index in [0.717, 1.165) is 18.6 Å². The van der Waals surface area contributed by atoms with Gasteiger partial charge in [-0.05, 0) is 24.8 Å². The van der Waals surface area contributed by atoms with Gasteiger partial charge in [0.2, 0.25) is 0 Å². The smallest absolute Gasteiger partial charge is 0.331 e. The van der Waals surface area contributed by atoms with Gasteiger partial charge in [-0.3, -0.25) is 9.48 Å². The van der Waals surface area contributed by atoms with Crippen molar-refractivity contribution in [3.63, 3.8) is 0 Å². The summed E-state index contributed by atoms with van der Waals surface area (Å²) >= 11 is 5.51. The van der Waals surface area contributed by atoms with Crippen molar-refractivity contribution in [2.45, 2.75) is 32.4 Å². The molecule has 1 amide bonds. The lowest BCUT2D eigenvalue weighted by Crippen LogP contribution is -2.35. The molecule has 1 aliphatic heterocycles. The van der Waals surface area contributed by atoms with Gasteiger partial charge in [0, 0.05) is 12.1 Å². The number of nitrogens with zero attached hydrogens (tertiary/aromatic N) is 2. The second-order valence-electron chi connectivity index (χ2n) is 6.34. The first-order chi connectivity index (χ1) is 12.3. The number of hydrogen-bond acceptors (Lipinski definition) is 3. The van der Waals surface area contributed by atoms with Crippen LogP contribution in [-0.2, 0) is 17.8 Å². The molecule has 9 heteroatoms. The number of carboxylic acid groups (broad SMARTS) is 1. The Morgan fingerprint density at radius 3 is 2.85 bits per heavy atom. The summed E-state index contributed by atoms with van der Waals surface area (Å²) in [7, 11) is 0. The van der Waals surface area contributed by atoms with Crippen LogP contribution in [0.4, 0.5) is 8.78 Å². The largest absolute Gasteiger partial charge is 0.479 e. The molecule has 26 heavy (non-hydrogen) atoms. The highest BCUT2D eigenvalue weighted by Crippen LogP contribution is 2.27. The molecular formula is C17H16ClF2N3O3. The molecule has 2 atom stereocenters. The quantitative estimate of drug-likeness (QED) is 0.795. The Bertz CT molecular complexity index is 884. The van der Waals surface area contributed by atoms with Gasteiger partial charge in [0.25, 0.3) is 5.91 Å². The lowest BCUT2D eigenvalue weighted by atomic mass is 9.96. The van der Waals surface area contributed by atoms with Gasteiger partial charge in [0.05, 0.1) is 17.5 Å². The lowest BCUT2D eigenvalue weighted by molar-refractivity contribution is -0.139. The molecule has 6 nitrogen and oxygen atoms in total. The zero-order valence-corrected chi connectivity index (χ0v) is 14.6. The average Bonchev–Trinajstić information content (AvgIpc) is 3.01. The minimum Gasteiger partial charge on any atom is -0.479 e. The van der Waals surface area contributed by atoms with Crippen molar-refractivity contribution < 1.29 is 23.5 Å². The first-order valence-electron chi connectivity index (χ1n) is 8.01. The number of halogens is 3. The third kappa shape index (κ3) is 3.29. The van der Waals surface area contributed by atoms with E-state index in [1.165, 1.54) is 6.20 Å². The molecule has 2 N–H and O–H groups in total. The van der Waals surface area contributed by atoms with E-state index in [0.29, 0.717) is 24.6 Å². The van der Waals surface area contributed by atoms with E-state index in [2.05, 4.69) is 10.4 Å². The molecule has 0 aliphatic carbocycles. The van der Waals surface area contributed by atoms with Crippen LogP contribution < -0.4 is 5.32 Å². The third-order valence-corrected chi connectivity index (χ3v) is 4.81. The Kier molecular flexibility index (Phi) is 4.95. The Hall–Kier alpha value is -2.48. The Labute approximate surface area is 152 Å². The van der Waals surface area contributed by atoms with Crippen LogP contribution in [0.1, 0.15) is 41.0 Å². The molecule has 0 fully saturated rings. The number of nitrogens with one attached hydrogen (secondary N) is 1. The molecular weight excluding hydrogens is 368 g/mol. The van der Waals surface area contributed by atoms with E-state index < -0.39 is 40.1 Å². The Morgan fingerprint density at radius 2 is 2.15 bits per heavy atom. The number of aromatic nitrogens is 2. The maximum atomic E-state index is 14.2. The first-order valence-corrected chi connectivity index (χ1v) is 8.39. The number of carbonyl (C=O) groups excluding carboxylic acids is 1. The number of aliphatic carboxylic acids is 1. The maximum absolute atomic E-state index is 14.2. The molecule has 0 saturated carbocycles. The van der Waals surface area contributed by atoms with Crippen molar-refractivity contribution in [1.82, 2.24) is 15.1 Å². The summed E-state index contributed by atoms with van der Waals surface area (Å²) in [4.78, 5) is 24.1. The second-order valence-corrected chi connectivity index (χ2v) is 6.71. The van der Waals surface area contributed by atoms with Gasteiger partial charge in [-0.25, -0.2) is 13.6 Å². The van der Waals surface area contributed by atoms with E-state index >= 15 is 0 Å². The molecule has 1 aliphatic rings. The lowest BCUT2D eigenvalue weighted by Gasteiger charge is -2.21. The van der Waals surface area contributed by atoms with Crippen LogP contribution >= 0.6 is 11.6 Å². The summed E-state index contributed by atoms with van der Waals surface area (Å²) in [5, 5.41) is 15.0. The van der Waals surface area contributed by atoms with E-state index in [4.69, 9.17) is 11.6 Å². The standard InChI is InChI=1S/C17H16ClF2N3O3/c1-8-4-5-23-12(6-8)10(7-21-23)16(24)22-15(17(25)26)9-2-3-11(19)13(18)14(9)20/h2-3,7-8,15H,4-6H2,1H3,(H,22,24)(H,25,26). The Balaban J connectivity index is 1.90. The van der Waals surface area contributed by atoms with Gasteiger partial charge in [-0.2, -0.15) is 5.10 Å². The highest BCUT2D eigenvalue weighted by Gasteiger charge is 2.30. The number of fused-ring (bicyclic) bond motifs is 1. The zero-order valence-electron chi connectivity index (χ0n) is 13.8. The number of aryl methyl sites for hydroxylation is 1. The fourth-order valence-corrected chi connectivity index (χ4v) is 3.20. The van der Waals surface area contributed by atoms with E-state index in [1.807, 2.05) is 6.92 Å². The second kappa shape index (κ2) is 7.03. The van der Waals surface area contributed by atoms with Gasteiger partial charge >= 0.3 is 5.97 Å². The summed E-state index contributed by atoms with van der Waals surface area (Å²) in [6.07, 6.45) is 2.94. The summed E-state index contributed by atoms with van der Waals surface area (Å²) < 4.78 is 29.2. The van der Waals surface area contributed by atoms with Gasteiger partial charge in [0.15, 0.2) is 11.9 Å². The molecule has 0 saturated heterocycles. The monoisotopic (exact) mass is 383 g/mol. The highest BCUT2D eigenvalue weighted by molar-refractivity contribution is 6.31. The number of carboxylic acids is 1. The topological polar surface area (TPSA) is 84.2 Å². The SMILES string of the molecule is CC1CCn2ncc(C(=O)NC(C(=O)O)c3ccc(F)c(Cl)c3F)c2C1. The minimum atomic E-state index is -1.71. The van der Waals surface area contributed by atoms with Crippen LogP contribution in [0.3, 0.4) is 0 Å². The molecule has 1 aromatic heterocycles. The van der Waals surface area contributed by atoms with Gasteiger partial charge in [0.1, 0.15) is 10.8 Å². The molecule has 0 radical (unpaired) electrons. The van der Waals surface area contributed by atoms with Crippen LogP contribution in [0.2, 0.25) is 5.02 Å². The van der Waals surface area contributed by atoms with Gasteiger partial charge < -0.3 is 10.4 Å². The normalized spacial score (nSPS) is 17.5. The van der Waals surface area contributed by atoms with Crippen LogP contribution in [0.5, 0.6) is 0 Å². The van der Waals surface area contributed by atoms with E-state index in [-0.39, 0.29) is 5.56 Å². The van der Waals surface area contributed by atoms with E-state index in [1.54, 1.807) is 4.68 Å².